The van der Waals surface area contributed by atoms with E-state index < -0.39 is 5.97 Å². The first kappa shape index (κ1) is 15.2. The molecule has 0 spiro atoms. The fourth-order valence-electron chi connectivity index (χ4n) is 3.95. The minimum Gasteiger partial charge on any atom is -0.478 e. The number of rotatable bonds is 2. The van der Waals surface area contributed by atoms with Crippen molar-refractivity contribution in [3.63, 3.8) is 0 Å². The number of hydrogen-bond acceptors (Lipinski definition) is 3. The summed E-state index contributed by atoms with van der Waals surface area (Å²) in [6, 6.07) is 13.8. The number of fused-ring (bicyclic) bond motifs is 3. The van der Waals surface area contributed by atoms with Crippen LogP contribution in [0.25, 0.3) is 0 Å². The molecule has 3 atom stereocenters. The first-order valence-corrected chi connectivity index (χ1v) is 8.45. The van der Waals surface area contributed by atoms with Crippen molar-refractivity contribution in [2.45, 2.75) is 31.9 Å². The summed E-state index contributed by atoms with van der Waals surface area (Å²) in [6.45, 7) is 2.91. The van der Waals surface area contributed by atoms with Crippen LogP contribution in [0.15, 0.2) is 42.5 Å². The van der Waals surface area contributed by atoms with Crippen LogP contribution in [0.2, 0.25) is 0 Å². The maximum absolute atomic E-state index is 11.1. The van der Waals surface area contributed by atoms with E-state index in [0.29, 0.717) is 11.5 Å². The summed E-state index contributed by atoms with van der Waals surface area (Å²) < 4.78 is 6.14. The molecule has 2 heterocycles. The van der Waals surface area contributed by atoms with Gasteiger partial charge in [-0.1, -0.05) is 29.8 Å². The molecule has 2 aromatic rings. The van der Waals surface area contributed by atoms with Crippen LogP contribution in [0.3, 0.4) is 0 Å². The molecular weight excluding hydrogens is 302 g/mol. The number of nitrogens with one attached hydrogen (secondary N) is 1. The Hall–Kier alpha value is -2.33. The number of ether oxygens (including phenoxy) is 1. The maximum Gasteiger partial charge on any atom is 0.335 e. The van der Waals surface area contributed by atoms with Crippen LogP contribution in [0.5, 0.6) is 0 Å². The molecule has 4 nitrogen and oxygen atoms in total. The minimum atomic E-state index is -0.891. The Bertz CT molecular complexity index is 769. The van der Waals surface area contributed by atoms with Crippen molar-refractivity contribution >= 4 is 11.7 Å². The van der Waals surface area contributed by atoms with Crippen LogP contribution < -0.4 is 5.32 Å². The molecule has 0 aliphatic carbocycles. The number of benzene rings is 2. The van der Waals surface area contributed by atoms with Gasteiger partial charge in [-0.2, -0.15) is 0 Å². The summed E-state index contributed by atoms with van der Waals surface area (Å²) in [5.41, 5.74) is 5.05. The third-order valence-electron chi connectivity index (χ3n) is 5.14. The number of carbonyl (C=O) groups is 1. The highest BCUT2D eigenvalue weighted by Gasteiger charge is 2.39. The standard InChI is InChI=1S/C20H21NO3/c1-12-4-9-17-16(11-12)19-15(3-2-10-24-19)18(21-17)13-5-7-14(8-6-13)20(22)23/h4-9,11,15,18-19,21H,2-3,10H2,1H3,(H,22,23)/t15-,18-,19+/m0/s1. The molecule has 1 saturated heterocycles. The smallest absolute Gasteiger partial charge is 0.335 e. The van der Waals surface area contributed by atoms with E-state index in [4.69, 9.17) is 9.84 Å². The molecule has 0 aromatic heterocycles. The van der Waals surface area contributed by atoms with Gasteiger partial charge in [-0.3, -0.25) is 0 Å². The molecule has 0 amide bonds. The van der Waals surface area contributed by atoms with Gasteiger partial charge in [-0.25, -0.2) is 4.79 Å². The molecule has 1 fully saturated rings. The minimum absolute atomic E-state index is 0.110. The van der Waals surface area contributed by atoms with Crippen LogP contribution in [0.4, 0.5) is 5.69 Å². The number of carboxylic acids is 1. The molecule has 0 unspecified atom stereocenters. The van der Waals surface area contributed by atoms with Gasteiger partial charge in [-0.15, -0.1) is 0 Å². The van der Waals surface area contributed by atoms with E-state index in [1.807, 2.05) is 12.1 Å². The van der Waals surface area contributed by atoms with E-state index in [-0.39, 0.29) is 12.1 Å². The van der Waals surface area contributed by atoms with E-state index >= 15 is 0 Å². The van der Waals surface area contributed by atoms with Gasteiger partial charge in [0, 0.05) is 23.8 Å². The summed E-state index contributed by atoms with van der Waals surface area (Å²) >= 11 is 0. The van der Waals surface area contributed by atoms with Crippen molar-refractivity contribution in [1.29, 1.82) is 0 Å². The molecule has 0 saturated carbocycles. The Morgan fingerprint density at radius 3 is 2.75 bits per heavy atom. The zero-order valence-corrected chi connectivity index (χ0v) is 13.7. The number of aromatic carboxylic acids is 1. The summed E-state index contributed by atoms with van der Waals surface area (Å²) in [7, 11) is 0. The van der Waals surface area contributed by atoms with Crippen molar-refractivity contribution in [2.24, 2.45) is 5.92 Å². The molecule has 0 bridgehead atoms. The molecular formula is C20H21NO3. The molecule has 124 valence electrons. The molecule has 2 aliphatic rings. The topological polar surface area (TPSA) is 58.6 Å². The Kier molecular flexibility index (Phi) is 3.77. The van der Waals surface area contributed by atoms with Crippen molar-refractivity contribution in [3.05, 3.63) is 64.7 Å². The third-order valence-corrected chi connectivity index (χ3v) is 5.14. The van der Waals surface area contributed by atoms with Crippen LogP contribution in [0.1, 0.15) is 52.0 Å². The van der Waals surface area contributed by atoms with E-state index in [0.717, 1.165) is 30.7 Å². The van der Waals surface area contributed by atoms with Crippen LogP contribution in [-0.2, 0) is 4.74 Å². The molecule has 2 aromatic carbocycles. The molecule has 4 rings (SSSR count). The lowest BCUT2D eigenvalue weighted by atomic mass is 9.77. The highest BCUT2D eigenvalue weighted by atomic mass is 16.5. The quantitative estimate of drug-likeness (QED) is 0.864. The predicted molar refractivity (Wildman–Crippen MR) is 92.4 cm³/mol. The van der Waals surface area contributed by atoms with Gasteiger partial charge >= 0.3 is 5.97 Å². The Morgan fingerprint density at radius 2 is 2.00 bits per heavy atom. The van der Waals surface area contributed by atoms with Crippen LogP contribution in [-0.4, -0.2) is 17.7 Å². The highest BCUT2D eigenvalue weighted by Crippen LogP contribution is 2.49. The fraction of sp³-hybridized carbons (Fsp3) is 0.350. The van der Waals surface area contributed by atoms with Crippen molar-refractivity contribution in [2.75, 3.05) is 11.9 Å². The molecule has 2 aliphatic heterocycles. The van der Waals surface area contributed by atoms with Gasteiger partial charge in [-0.05, 0) is 43.5 Å². The van der Waals surface area contributed by atoms with E-state index in [9.17, 15) is 4.79 Å². The monoisotopic (exact) mass is 323 g/mol. The Labute approximate surface area is 141 Å². The van der Waals surface area contributed by atoms with E-state index in [1.54, 1.807) is 12.1 Å². The SMILES string of the molecule is Cc1ccc2c(c1)[C@@H]1OCCC[C@H]1[C@H](c1ccc(C(=O)O)cc1)N2. The number of aryl methyl sites for hydroxylation is 1. The fourth-order valence-corrected chi connectivity index (χ4v) is 3.95. The maximum atomic E-state index is 11.1. The first-order valence-electron chi connectivity index (χ1n) is 8.45. The number of anilines is 1. The van der Waals surface area contributed by atoms with Crippen molar-refractivity contribution in [1.82, 2.24) is 0 Å². The highest BCUT2D eigenvalue weighted by molar-refractivity contribution is 5.87. The van der Waals surface area contributed by atoms with Gasteiger partial charge in [0.05, 0.1) is 17.7 Å². The Morgan fingerprint density at radius 1 is 1.21 bits per heavy atom. The van der Waals surface area contributed by atoms with E-state index in [1.165, 1.54) is 11.1 Å². The third kappa shape index (κ3) is 2.57. The molecule has 4 heteroatoms. The second-order valence-electron chi connectivity index (χ2n) is 6.74. The lowest BCUT2D eigenvalue weighted by Gasteiger charge is -2.43. The molecule has 24 heavy (non-hydrogen) atoms. The van der Waals surface area contributed by atoms with Crippen LogP contribution >= 0.6 is 0 Å². The van der Waals surface area contributed by atoms with Crippen molar-refractivity contribution in [3.8, 4) is 0 Å². The van der Waals surface area contributed by atoms with Gasteiger partial charge < -0.3 is 15.2 Å². The summed E-state index contributed by atoms with van der Waals surface area (Å²) in [5, 5.41) is 12.8. The number of carboxylic acid groups (broad SMARTS) is 1. The van der Waals surface area contributed by atoms with E-state index in [2.05, 4.69) is 30.4 Å². The number of hydrogen-bond donors (Lipinski definition) is 2. The van der Waals surface area contributed by atoms with Gasteiger partial charge in [0.1, 0.15) is 0 Å². The predicted octanol–water partition coefficient (Wildman–Crippen LogP) is 4.33. The lowest BCUT2D eigenvalue weighted by Crippen LogP contribution is -2.36. The van der Waals surface area contributed by atoms with Crippen molar-refractivity contribution < 1.29 is 14.6 Å². The van der Waals surface area contributed by atoms with Crippen LogP contribution in [0, 0.1) is 12.8 Å². The molecule has 2 N–H and O–H groups in total. The zero-order valence-electron chi connectivity index (χ0n) is 13.7. The summed E-state index contributed by atoms with van der Waals surface area (Å²) in [4.78, 5) is 11.1. The molecule has 0 radical (unpaired) electrons. The van der Waals surface area contributed by atoms with Gasteiger partial charge in [0.25, 0.3) is 0 Å². The second kappa shape index (κ2) is 5.95. The first-order chi connectivity index (χ1) is 11.6. The van der Waals surface area contributed by atoms with Gasteiger partial charge in [0.2, 0.25) is 0 Å². The Balaban J connectivity index is 1.73. The summed E-state index contributed by atoms with van der Waals surface area (Å²) in [6.07, 6.45) is 2.28. The average Bonchev–Trinajstić information content (AvgIpc) is 2.61. The largest absolute Gasteiger partial charge is 0.478 e. The normalized spacial score (nSPS) is 25.3. The average molecular weight is 323 g/mol. The lowest BCUT2D eigenvalue weighted by molar-refractivity contribution is -0.0381. The zero-order chi connectivity index (χ0) is 16.7. The van der Waals surface area contributed by atoms with Gasteiger partial charge in [0.15, 0.2) is 0 Å². The summed E-state index contributed by atoms with van der Waals surface area (Å²) in [5.74, 6) is -0.526. The second-order valence-corrected chi connectivity index (χ2v) is 6.74.